The fourth-order valence-electron chi connectivity index (χ4n) is 1.36. The smallest absolute Gasteiger partial charge is 0.307 e. The summed E-state index contributed by atoms with van der Waals surface area (Å²) in [5, 5.41) is 8.51. The van der Waals surface area contributed by atoms with Gasteiger partial charge in [-0.2, -0.15) is 0 Å². The maximum absolute atomic E-state index is 10.9. The van der Waals surface area contributed by atoms with Gasteiger partial charge in [0.25, 0.3) is 0 Å². The van der Waals surface area contributed by atoms with E-state index < -0.39 is 17.0 Å². The SMILES string of the molecule is CCN.O=C(S)CC(Cc1ccccc1)C(=O)O. The lowest BCUT2D eigenvalue weighted by Gasteiger charge is -2.09. The number of aliphatic carboxylic acids is 1. The summed E-state index contributed by atoms with van der Waals surface area (Å²) in [6, 6.07) is 9.24. The molecule has 0 radical (unpaired) electrons. The first-order valence-corrected chi connectivity index (χ1v) is 6.14. The van der Waals surface area contributed by atoms with Crippen LogP contribution in [0.5, 0.6) is 0 Å². The molecular weight excluding hydrogens is 250 g/mol. The van der Waals surface area contributed by atoms with Crippen LogP contribution in [0.3, 0.4) is 0 Å². The highest BCUT2D eigenvalue weighted by atomic mass is 32.1. The number of benzene rings is 1. The van der Waals surface area contributed by atoms with E-state index in [2.05, 4.69) is 12.6 Å². The number of hydrogen-bond donors (Lipinski definition) is 3. The molecule has 0 aliphatic heterocycles. The van der Waals surface area contributed by atoms with E-state index in [1.54, 1.807) is 0 Å². The molecule has 1 aromatic rings. The third-order valence-corrected chi connectivity index (χ3v) is 2.28. The van der Waals surface area contributed by atoms with E-state index >= 15 is 0 Å². The topological polar surface area (TPSA) is 80.4 Å². The van der Waals surface area contributed by atoms with Gasteiger partial charge in [-0.15, -0.1) is 12.6 Å². The van der Waals surface area contributed by atoms with Crippen LogP contribution in [0.2, 0.25) is 0 Å². The second kappa shape index (κ2) is 9.67. The van der Waals surface area contributed by atoms with Gasteiger partial charge in [0.15, 0.2) is 5.12 Å². The molecule has 0 aromatic heterocycles. The molecule has 0 heterocycles. The molecule has 0 bridgehead atoms. The lowest BCUT2D eigenvalue weighted by Crippen LogP contribution is -2.18. The molecule has 4 nitrogen and oxygen atoms in total. The number of rotatable bonds is 5. The van der Waals surface area contributed by atoms with Crippen molar-refractivity contribution in [3.8, 4) is 0 Å². The summed E-state index contributed by atoms with van der Waals surface area (Å²) in [5.41, 5.74) is 5.76. The zero-order valence-corrected chi connectivity index (χ0v) is 11.3. The molecule has 1 unspecified atom stereocenters. The molecule has 0 saturated carbocycles. The van der Waals surface area contributed by atoms with Crippen molar-refractivity contribution in [1.82, 2.24) is 0 Å². The molecule has 0 fully saturated rings. The quantitative estimate of drug-likeness (QED) is 0.711. The van der Waals surface area contributed by atoms with Crippen molar-refractivity contribution in [3.05, 3.63) is 35.9 Å². The molecule has 0 spiro atoms. The molecule has 0 amide bonds. The predicted octanol–water partition coefficient (Wildman–Crippen LogP) is 1.74. The van der Waals surface area contributed by atoms with Crippen LogP contribution in [0.25, 0.3) is 0 Å². The van der Waals surface area contributed by atoms with Gasteiger partial charge in [0.1, 0.15) is 0 Å². The maximum Gasteiger partial charge on any atom is 0.307 e. The van der Waals surface area contributed by atoms with Gasteiger partial charge in [0.05, 0.1) is 5.92 Å². The van der Waals surface area contributed by atoms with E-state index in [1.807, 2.05) is 37.3 Å². The second-order valence-corrected chi connectivity index (χ2v) is 4.23. The average molecular weight is 269 g/mol. The number of carboxylic acids is 1. The van der Waals surface area contributed by atoms with Crippen LogP contribution in [-0.4, -0.2) is 22.7 Å². The lowest BCUT2D eigenvalue weighted by atomic mass is 9.97. The van der Waals surface area contributed by atoms with E-state index in [-0.39, 0.29) is 6.42 Å². The van der Waals surface area contributed by atoms with Gasteiger partial charge in [-0.3, -0.25) is 9.59 Å². The number of carboxylic acid groups (broad SMARTS) is 1. The summed E-state index contributed by atoms with van der Waals surface area (Å²) in [6.45, 7) is 2.65. The maximum atomic E-state index is 10.9. The first kappa shape index (κ1) is 16.7. The zero-order chi connectivity index (χ0) is 14.0. The van der Waals surface area contributed by atoms with E-state index in [1.165, 1.54) is 0 Å². The largest absolute Gasteiger partial charge is 0.481 e. The number of thiol groups is 1. The van der Waals surface area contributed by atoms with E-state index in [9.17, 15) is 9.59 Å². The van der Waals surface area contributed by atoms with Crippen LogP contribution in [0.1, 0.15) is 18.9 Å². The highest BCUT2D eigenvalue weighted by Crippen LogP contribution is 2.13. The molecule has 1 atom stereocenters. The van der Waals surface area contributed by atoms with Crippen LogP contribution in [-0.2, 0) is 16.0 Å². The van der Waals surface area contributed by atoms with E-state index in [0.29, 0.717) is 6.42 Å². The Balaban J connectivity index is 0.000000873. The lowest BCUT2D eigenvalue weighted by molar-refractivity contribution is -0.142. The summed E-state index contributed by atoms with van der Waals surface area (Å²) in [6.07, 6.45) is 0.329. The van der Waals surface area contributed by atoms with Gasteiger partial charge < -0.3 is 10.8 Å². The fraction of sp³-hybridized carbons (Fsp3) is 0.385. The van der Waals surface area contributed by atoms with Crippen molar-refractivity contribution in [1.29, 1.82) is 0 Å². The molecule has 100 valence electrons. The molecule has 0 aliphatic carbocycles. The summed E-state index contributed by atoms with van der Waals surface area (Å²) >= 11 is 3.60. The molecule has 1 rings (SSSR count). The highest BCUT2D eigenvalue weighted by molar-refractivity contribution is 7.96. The third kappa shape index (κ3) is 7.86. The summed E-state index contributed by atoms with van der Waals surface area (Å²) in [4.78, 5) is 21.6. The van der Waals surface area contributed by atoms with Crippen LogP contribution in [0.15, 0.2) is 30.3 Å². The Hall–Kier alpha value is -1.33. The Morgan fingerprint density at radius 1 is 1.33 bits per heavy atom. The third-order valence-electron chi connectivity index (χ3n) is 2.10. The number of hydrogen-bond acceptors (Lipinski definition) is 3. The summed E-state index contributed by atoms with van der Waals surface area (Å²) in [5.74, 6) is -1.64. The Morgan fingerprint density at radius 2 is 1.83 bits per heavy atom. The minimum absolute atomic E-state index is 0.0344. The predicted molar refractivity (Wildman–Crippen MR) is 74.6 cm³/mol. The Labute approximate surface area is 113 Å². The molecule has 3 N–H and O–H groups in total. The highest BCUT2D eigenvalue weighted by Gasteiger charge is 2.19. The van der Waals surface area contributed by atoms with Gasteiger partial charge in [0.2, 0.25) is 0 Å². The van der Waals surface area contributed by atoms with E-state index in [4.69, 9.17) is 10.8 Å². The van der Waals surface area contributed by atoms with E-state index in [0.717, 1.165) is 12.1 Å². The van der Waals surface area contributed by atoms with Crippen molar-refractivity contribution < 1.29 is 14.7 Å². The molecule has 5 heteroatoms. The fourth-order valence-corrected chi connectivity index (χ4v) is 1.58. The van der Waals surface area contributed by atoms with Crippen LogP contribution >= 0.6 is 12.6 Å². The second-order valence-electron chi connectivity index (χ2n) is 3.73. The molecule has 0 saturated heterocycles. The normalized spacial score (nSPS) is 11.1. The van der Waals surface area contributed by atoms with Crippen molar-refractivity contribution in [2.75, 3.05) is 6.54 Å². The van der Waals surface area contributed by atoms with Crippen molar-refractivity contribution in [2.24, 2.45) is 11.7 Å². The monoisotopic (exact) mass is 269 g/mol. The molecule has 0 aliphatic rings. The van der Waals surface area contributed by atoms with Gasteiger partial charge in [-0.05, 0) is 18.5 Å². The molecule has 18 heavy (non-hydrogen) atoms. The Kier molecular flexibility index (Phi) is 8.96. The van der Waals surface area contributed by atoms with Crippen molar-refractivity contribution in [3.63, 3.8) is 0 Å². The first-order valence-electron chi connectivity index (χ1n) is 5.69. The molecular formula is C13H19NO3S. The summed E-state index contributed by atoms with van der Waals surface area (Å²) < 4.78 is 0. The summed E-state index contributed by atoms with van der Waals surface area (Å²) in [7, 11) is 0. The van der Waals surface area contributed by atoms with Crippen molar-refractivity contribution in [2.45, 2.75) is 19.8 Å². The number of carbonyl (C=O) groups excluding carboxylic acids is 1. The minimum Gasteiger partial charge on any atom is -0.481 e. The standard InChI is InChI=1S/C11H12O3S.C2H7N/c12-10(15)7-9(11(13)14)6-8-4-2-1-3-5-8;1-2-3/h1-5,9H,6-7H2,(H,12,15)(H,13,14);2-3H2,1H3. The Morgan fingerprint density at radius 3 is 2.22 bits per heavy atom. The van der Waals surface area contributed by atoms with Crippen molar-refractivity contribution >= 4 is 23.7 Å². The number of carbonyl (C=O) groups is 2. The van der Waals surface area contributed by atoms with Gasteiger partial charge in [-0.1, -0.05) is 37.3 Å². The van der Waals surface area contributed by atoms with Crippen LogP contribution in [0, 0.1) is 5.92 Å². The average Bonchev–Trinajstić information content (AvgIpc) is 2.30. The van der Waals surface area contributed by atoms with Crippen LogP contribution in [0.4, 0.5) is 0 Å². The van der Waals surface area contributed by atoms with Gasteiger partial charge in [-0.25, -0.2) is 0 Å². The minimum atomic E-state index is -0.957. The van der Waals surface area contributed by atoms with Gasteiger partial charge in [0, 0.05) is 6.42 Å². The zero-order valence-electron chi connectivity index (χ0n) is 10.4. The number of nitrogens with two attached hydrogens (primary N) is 1. The molecule has 1 aromatic carbocycles. The van der Waals surface area contributed by atoms with Crippen LogP contribution < -0.4 is 5.73 Å². The van der Waals surface area contributed by atoms with Gasteiger partial charge >= 0.3 is 5.97 Å². The first-order chi connectivity index (χ1) is 8.51. The Bertz CT molecular complexity index is 368.